The molecule has 8 heteroatoms. The fourth-order valence-corrected chi connectivity index (χ4v) is 4.60. The molecular formula is C22H41IN4O3. The molecule has 30 heavy (non-hydrogen) atoms. The summed E-state index contributed by atoms with van der Waals surface area (Å²) in [5, 5.41) is 3.39. The molecular weight excluding hydrogens is 495 g/mol. The summed E-state index contributed by atoms with van der Waals surface area (Å²) in [5.41, 5.74) is 0. The third-order valence-electron chi connectivity index (χ3n) is 6.38. The van der Waals surface area contributed by atoms with Crippen LogP contribution in [0.1, 0.15) is 58.3 Å². The number of hydrogen-bond donors (Lipinski definition) is 1. The van der Waals surface area contributed by atoms with Gasteiger partial charge in [-0.2, -0.15) is 0 Å². The maximum Gasteiger partial charge on any atom is 0.224 e. The van der Waals surface area contributed by atoms with Gasteiger partial charge in [0.2, 0.25) is 5.91 Å². The smallest absolute Gasteiger partial charge is 0.224 e. The molecule has 3 aliphatic rings. The van der Waals surface area contributed by atoms with E-state index in [1.807, 2.05) is 11.9 Å². The second kappa shape index (κ2) is 13.7. The van der Waals surface area contributed by atoms with Crippen molar-refractivity contribution in [1.29, 1.82) is 0 Å². The van der Waals surface area contributed by atoms with Gasteiger partial charge in [-0.05, 0) is 50.9 Å². The molecule has 2 unspecified atom stereocenters. The van der Waals surface area contributed by atoms with E-state index in [4.69, 9.17) is 9.47 Å². The maximum absolute atomic E-state index is 12.4. The lowest BCUT2D eigenvalue weighted by atomic mass is 10.00. The van der Waals surface area contributed by atoms with Crippen LogP contribution in [0.25, 0.3) is 0 Å². The van der Waals surface area contributed by atoms with E-state index in [9.17, 15) is 4.79 Å². The van der Waals surface area contributed by atoms with Gasteiger partial charge in [-0.1, -0.05) is 6.92 Å². The second-order valence-corrected chi connectivity index (χ2v) is 8.82. The van der Waals surface area contributed by atoms with Gasteiger partial charge in [-0.3, -0.25) is 9.79 Å². The standard InChI is InChI=1S/C22H40N4O3.HI/c1-18-6-5-12-26(16-18)21(27)8-11-24-22(23-2)25-13-9-19(10-14-25)29-17-20-7-3-4-15-28-20;/h18-20H,3-17H2,1-2H3,(H,23,24);1H. The molecule has 7 nitrogen and oxygen atoms in total. The molecule has 1 N–H and O–H groups in total. The number of carbonyl (C=O) groups excluding carboxylic acids is 1. The average molecular weight is 536 g/mol. The predicted octanol–water partition coefficient (Wildman–Crippen LogP) is 2.88. The van der Waals surface area contributed by atoms with Crippen molar-refractivity contribution >= 4 is 35.8 Å². The van der Waals surface area contributed by atoms with Gasteiger partial charge in [0, 0.05) is 52.8 Å². The Morgan fingerprint density at radius 2 is 1.90 bits per heavy atom. The van der Waals surface area contributed by atoms with E-state index in [-0.39, 0.29) is 36.0 Å². The molecule has 0 aliphatic carbocycles. The number of likely N-dealkylation sites (tertiary alicyclic amines) is 2. The first kappa shape index (κ1) is 25.6. The van der Waals surface area contributed by atoms with Crippen molar-refractivity contribution < 1.29 is 14.3 Å². The highest BCUT2D eigenvalue weighted by molar-refractivity contribution is 14.0. The minimum absolute atomic E-state index is 0. The predicted molar refractivity (Wildman–Crippen MR) is 131 cm³/mol. The molecule has 3 saturated heterocycles. The number of nitrogens with one attached hydrogen (secondary N) is 1. The first-order chi connectivity index (χ1) is 14.2. The van der Waals surface area contributed by atoms with Crippen LogP contribution in [0, 0.1) is 5.92 Å². The normalized spacial score (nSPS) is 26.3. The molecule has 3 rings (SSSR count). The molecule has 1 amide bonds. The van der Waals surface area contributed by atoms with Crippen LogP contribution >= 0.6 is 24.0 Å². The summed E-state index contributed by atoms with van der Waals surface area (Å²) in [6, 6.07) is 0. The van der Waals surface area contributed by atoms with E-state index in [0.29, 0.717) is 25.0 Å². The van der Waals surface area contributed by atoms with Gasteiger partial charge in [-0.25, -0.2) is 0 Å². The van der Waals surface area contributed by atoms with Gasteiger partial charge in [0.1, 0.15) is 0 Å². The van der Waals surface area contributed by atoms with Crippen LogP contribution in [0.15, 0.2) is 4.99 Å². The number of piperidine rings is 2. The molecule has 3 fully saturated rings. The zero-order valence-corrected chi connectivity index (χ0v) is 21.1. The van der Waals surface area contributed by atoms with Crippen LogP contribution in [-0.2, 0) is 14.3 Å². The van der Waals surface area contributed by atoms with Crippen LogP contribution in [0.2, 0.25) is 0 Å². The van der Waals surface area contributed by atoms with E-state index >= 15 is 0 Å². The number of halogens is 1. The topological polar surface area (TPSA) is 66.4 Å². The summed E-state index contributed by atoms with van der Waals surface area (Å²) in [6.45, 7) is 8.19. The Labute approximate surface area is 199 Å². The largest absolute Gasteiger partial charge is 0.376 e. The van der Waals surface area contributed by atoms with Gasteiger partial charge in [0.15, 0.2) is 5.96 Å². The van der Waals surface area contributed by atoms with Crippen molar-refractivity contribution in [2.45, 2.75) is 70.5 Å². The number of hydrogen-bond acceptors (Lipinski definition) is 4. The molecule has 0 bridgehead atoms. The Morgan fingerprint density at radius 3 is 2.57 bits per heavy atom. The molecule has 0 saturated carbocycles. The molecule has 3 aliphatic heterocycles. The van der Waals surface area contributed by atoms with Crippen molar-refractivity contribution in [3.63, 3.8) is 0 Å². The van der Waals surface area contributed by atoms with Crippen LogP contribution in [-0.4, -0.2) is 86.9 Å². The number of amides is 1. The van der Waals surface area contributed by atoms with Gasteiger partial charge in [-0.15, -0.1) is 24.0 Å². The van der Waals surface area contributed by atoms with Crippen LogP contribution in [0.4, 0.5) is 0 Å². The molecule has 0 radical (unpaired) electrons. The van der Waals surface area contributed by atoms with E-state index in [0.717, 1.165) is 71.0 Å². The minimum atomic E-state index is 0. The van der Waals surface area contributed by atoms with Crippen molar-refractivity contribution in [2.24, 2.45) is 10.9 Å². The van der Waals surface area contributed by atoms with Gasteiger partial charge < -0.3 is 24.6 Å². The first-order valence-corrected chi connectivity index (χ1v) is 11.6. The first-order valence-electron chi connectivity index (χ1n) is 11.6. The number of guanidine groups is 1. The van der Waals surface area contributed by atoms with Crippen LogP contribution < -0.4 is 5.32 Å². The molecule has 0 aromatic rings. The monoisotopic (exact) mass is 536 g/mol. The summed E-state index contributed by atoms with van der Waals surface area (Å²) in [5.74, 6) is 1.79. The zero-order valence-electron chi connectivity index (χ0n) is 18.8. The summed E-state index contributed by atoms with van der Waals surface area (Å²) in [4.78, 5) is 21.2. The Kier molecular flexibility index (Phi) is 11.7. The van der Waals surface area contributed by atoms with E-state index in [1.54, 1.807) is 0 Å². The quantitative estimate of drug-likeness (QED) is 0.322. The SMILES string of the molecule is CN=C(NCCC(=O)N1CCCC(C)C1)N1CCC(OCC2CCCCO2)CC1.I. The third-order valence-corrected chi connectivity index (χ3v) is 6.38. The van der Waals surface area contributed by atoms with E-state index in [2.05, 4.69) is 22.1 Å². The number of carbonyl (C=O) groups is 1. The summed E-state index contributed by atoms with van der Waals surface area (Å²) in [6.07, 6.45) is 9.10. The van der Waals surface area contributed by atoms with Crippen LogP contribution in [0.3, 0.4) is 0 Å². The van der Waals surface area contributed by atoms with Crippen molar-refractivity contribution in [2.75, 3.05) is 53.0 Å². The fourth-order valence-electron chi connectivity index (χ4n) is 4.60. The molecule has 0 aromatic carbocycles. The highest BCUT2D eigenvalue weighted by atomic mass is 127. The van der Waals surface area contributed by atoms with E-state index in [1.165, 1.54) is 19.3 Å². The minimum Gasteiger partial charge on any atom is -0.376 e. The molecule has 0 spiro atoms. The Balaban J connectivity index is 0.00000320. The number of ether oxygens (including phenoxy) is 2. The molecule has 2 atom stereocenters. The summed E-state index contributed by atoms with van der Waals surface area (Å²) < 4.78 is 11.9. The third kappa shape index (κ3) is 8.15. The highest BCUT2D eigenvalue weighted by Crippen LogP contribution is 2.18. The van der Waals surface area contributed by atoms with E-state index < -0.39 is 0 Å². The maximum atomic E-state index is 12.4. The van der Waals surface area contributed by atoms with Crippen molar-refractivity contribution in [3.05, 3.63) is 0 Å². The number of nitrogens with zero attached hydrogens (tertiary/aromatic N) is 3. The summed E-state index contributed by atoms with van der Waals surface area (Å²) >= 11 is 0. The highest BCUT2D eigenvalue weighted by Gasteiger charge is 2.24. The van der Waals surface area contributed by atoms with Crippen molar-refractivity contribution in [1.82, 2.24) is 15.1 Å². The lowest BCUT2D eigenvalue weighted by Gasteiger charge is -2.35. The zero-order chi connectivity index (χ0) is 20.5. The number of aliphatic imine (C=N–C) groups is 1. The van der Waals surface area contributed by atoms with Crippen molar-refractivity contribution in [3.8, 4) is 0 Å². The molecule has 174 valence electrons. The van der Waals surface area contributed by atoms with Crippen LogP contribution in [0.5, 0.6) is 0 Å². The Hall–Kier alpha value is -0.610. The lowest BCUT2D eigenvalue weighted by Crippen LogP contribution is -2.48. The Bertz CT molecular complexity index is 534. The fraction of sp³-hybridized carbons (Fsp3) is 0.909. The molecule has 0 aromatic heterocycles. The summed E-state index contributed by atoms with van der Waals surface area (Å²) in [7, 11) is 1.82. The van der Waals surface area contributed by atoms with Gasteiger partial charge in [0.05, 0.1) is 18.8 Å². The second-order valence-electron chi connectivity index (χ2n) is 8.82. The Morgan fingerprint density at radius 1 is 1.10 bits per heavy atom. The van der Waals surface area contributed by atoms with Gasteiger partial charge >= 0.3 is 0 Å². The number of rotatable bonds is 6. The lowest BCUT2D eigenvalue weighted by molar-refractivity contribution is -0.132. The average Bonchev–Trinajstić information content (AvgIpc) is 2.76. The molecule has 3 heterocycles. The van der Waals surface area contributed by atoms with Gasteiger partial charge in [0.25, 0.3) is 0 Å².